The average Bonchev–Trinajstić information content (AvgIpc) is 1.99. The van der Waals surface area contributed by atoms with Gasteiger partial charge in [-0.3, -0.25) is 0 Å². The van der Waals surface area contributed by atoms with Crippen LogP contribution in [0, 0.1) is 5.92 Å². The van der Waals surface area contributed by atoms with Gasteiger partial charge in [-0.15, -0.1) is 0 Å². The Bertz CT molecular complexity index is 188. The van der Waals surface area contributed by atoms with Gasteiger partial charge in [0.05, 0.1) is 6.61 Å². The Balaban J connectivity index is 4.36. The summed E-state index contributed by atoms with van der Waals surface area (Å²) in [7, 11) is 1.54. The maximum absolute atomic E-state index is 12.0. The lowest BCUT2D eigenvalue weighted by Crippen LogP contribution is -2.45. The second-order valence-electron chi connectivity index (χ2n) is 3.46. The SMILES string of the molecule is CNCC(C)COC(C(F)(F)F)C(F)(F)F. The second kappa shape index (κ2) is 5.72. The minimum atomic E-state index is -5.43. The van der Waals surface area contributed by atoms with Gasteiger partial charge in [-0.1, -0.05) is 6.92 Å². The number of hydrogen-bond acceptors (Lipinski definition) is 2. The molecule has 16 heavy (non-hydrogen) atoms. The smallest absolute Gasteiger partial charge is 0.361 e. The number of rotatable bonds is 5. The minimum absolute atomic E-state index is 0.280. The third kappa shape index (κ3) is 5.55. The Kier molecular flexibility index (Phi) is 5.54. The first-order valence-electron chi connectivity index (χ1n) is 4.48. The highest BCUT2D eigenvalue weighted by molar-refractivity contribution is 4.76. The lowest BCUT2D eigenvalue weighted by Gasteiger charge is -2.24. The molecule has 0 aliphatic carbocycles. The van der Waals surface area contributed by atoms with Crippen LogP contribution in [0.5, 0.6) is 0 Å². The van der Waals surface area contributed by atoms with Crippen LogP contribution >= 0.6 is 0 Å². The fourth-order valence-corrected chi connectivity index (χ4v) is 1.04. The molecule has 0 fully saturated rings. The van der Waals surface area contributed by atoms with Gasteiger partial charge >= 0.3 is 12.4 Å². The molecule has 0 aromatic carbocycles. The number of halogens is 6. The Morgan fingerprint density at radius 2 is 1.50 bits per heavy atom. The van der Waals surface area contributed by atoms with Gasteiger partial charge in [0.25, 0.3) is 0 Å². The van der Waals surface area contributed by atoms with Crippen LogP contribution in [0.3, 0.4) is 0 Å². The van der Waals surface area contributed by atoms with Gasteiger partial charge in [0, 0.05) is 0 Å². The van der Waals surface area contributed by atoms with Crippen molar-refractivity contribution in [3.05, 3.63) is 0 Å². The van der Waals surface area contributed by atoms with E-state index in [2.05, 4.69) is 10.1 Å². The molecule has 0 aromatic rings. The van der Waals surface area contributed by atoms with Crippen LogP contribution < -0.4 is 5.32 Å². The van der Waals surface area contributed by atoms with Gasteiger partial charge in [-0.2, -0.15) is 26.3 Å². The molecule has 98 valence electrons. The third-order valence-electron chi connectivity index (χ3n) is 1.69. The van der Waals surface area contributed by atoms with E-state index in [1.807, 2.05) is 0 Å². The first-order valence-corrected chi connectivity index (χ1v) is 4.48. The fourth-order valence-electron chi connectivity index (χ4n) is 1.04. The largest absolute Gasteiger partial charge is 0.423 e. The van der Waals surface area contributed by atoms with E-state index < -0.39 is 31.0 Å². The zero-order chi connectivity index (χ0) is 13.0. The third-order valence-corrected chi connectivity index (χ3v) is 1.69. The maximum atomic E-state index is 12.0. The van der Waals surface area contributed by atoms with Crippen LogP contribution in [-0.2, 0) is 4.74 Å². The molecular weight excluding hydrogens is 240 g/mol. The molecule has 0 radical (unpaired) electrons. The first-order chi connectivity index (χ1) is 7.09. The van der Waals surface area contributed by atoms with Crippen molar-refractivity contribution in [3.63, 3.8) is 0 Å². The van der Waals surface area contributed by atoms with Gasteiger partial charge in [0.1, 0.15) is 0 Å². The predicted molar refractivity (Wildman–Crippen MR) is 44.9 cm³/mol. The van der Waals surface area contributed by atoms with Crippen LogP contribution in [0.2, 0.25) is 0 Å². The number of nitrogens with one attached hydrogen (secondary N) is 1. The molecule has 0 saturated carbocycles. The molecule has 0 bridgehead atoms. The van der Waals surface area contributed by atoms with Crippen molar-refractivity contribution in [2.45, 2.75) is 25.4 Å². The van der Waals surface area contributed by atoms with E-state index in [4.69, 9.17) is 0 Å². The lowest BCUT2D eigenvalue weighted by molar-refractivity contribution is -0.323. The van der Waals surface area contributed by atoms with E-state index in [1.54, 1.807) is 7.05 Å². The van der Waals surface area contributed by atoms with Gasteiger partial charge in [0.2, 0.25) is 6.10 Å². The van der Waals surface area contributed by atoms with Crippen molar-refractivity contribution in [1.82, 2.24) is 5.32 Å². The van der Waals surface area contributed by atoms with E-state index in [0.29, 0.717) is 0 Å². The molecule has 0 aliphatic rings. The summed E-state index contributed by atoms with van der Waals surface area (Å²) in [5.41, 5.74) is 0. The number of alkyl halides is 6. The molecule has 8 heteroatoms. The van der Waals surface area contributed by atoms with E-state index in [1.165, 1.54) is 6.92 Å². The first kappa shape index (κ1) is 15.5. The lowest BCUT2D eigenvalue weighted by atomic mass is 10.2. The molecule has 0 saturated heterocycles. The van der Waals surface area contributed by atoms with Crippen molar-refractivity contribution >= 4 is 0 Å². The topological polar surface area (TPSA) is 21.3 Å². The molecule has 0 heterocycles. The van der Waals surface area contributed by atoms with Gasteiger partial charge in [-0.05, 0) is 19.5 Å². The molecular formula is C8H13F6NO. The van der Waals surface area contributed by atoms with E-state index >= 15 is 0 Å². The molecule has 0 aliphatic heterocycles. The van der Waals surface area contributed by atoms with E-state index in [0.717, 1.165) is 0 Å². The molecule has 2 nitrogen and oxygen atoms in total. The number of ether oxygens (including phenoxy) is 1. The van der Waals surface area contributed by atoms with Crippen molar-refractivity contribution in [1.29, 1.82) is 0 Å². The summed E-state index contributed by atoms with van der Waals surface area (Å²) in [6.07, 6.45) is -14.6. The van der Waals surface area contributed by atoms with Crippen molar-refractivity contribution in [2.75, 3.05) is 20.2 Å². The van der Waals surface area contributed by atoms with Gasteiger partial charge in [-0.25, -0.2) is 0 Å². The van der Waals surface area contributed by atoms with Crippen LogP contribution in [0.4, 0.5) is 26.3 Å². The Morgan fingerprint density at radius 3 is 1.81 bits per heavy atom. The number of hydrogen-bond donors (Lipinski definition) is 1. The molecule has 1 atom stereocenters. The molecule has 0 amide bonds. The highest BCUT2D eigenvalue weighted by Gasteiger charge is 2.57. The molecule has 0 rings (SSSR count). The molecule has 0 spiro atoms. The van der Waals surface area contributed by atoms with Crippen molar-refractivity contribution in [2.24, 2.45) is 5.92 Å². The summed E-state index contributed by atoms with van der Waals surface area (Å²) in [6.45, 7) is 1.16. The zero-order valence-corrected chi connectivity index (χ0v) is 8.74. The average molecular weight is 253 g/mol. The highest BCUT2D eigenvalue weighted by Crippen LogP contribution is 2.35. The molecule has 0 aromatic heterocycles. The summed E-state index contributed by atoms with van der Waals surface area (Å²) >= 11 is 0. The predicted octanol–water partition coefficient (Wildman–Crippen LogP) is 2.35. The van der Waals surface area contributed by atoms with Crippen LogP contribution in [0.25, 0.3) is 0 Å². The van der Waals surface area contributed by atoms with Crippen LogP contribution in [0.1, 0.15) is 6.92 Å². The summed E-state index contributed by atoms with van der Waals surface area (Å²) in [4.78, 5) is 0. The molecule has 1 unspecified atom stereocenters. The summed E-state index contributed by atoms with van der Waals surface area (Å²) < 4.78 is 75.8. The van der Waals surface area contributed by atoms with Crippen molar-refractivity contribution in [3.8, 4) is 0 Å². The normalized spacial score (nSPS) is 15.6. The Labute approximate surface area is 89.0 Å². The van der Waals surface area contributed by atoms with Crippen molar-refractivity contribution < 1.29 is 31.1 Å². The summed E-state index contributed by atoms with van der Waals surface area (Å²) in [5.74, 6) is -0.433. The monoisotopic (exact) mass is 253 g/mol. The molecule has 1 N–H and O–H groups in total. The Hall–Kier alpha value is -0.500. The standard InChI is InChI=1S/C8H13F6NO/c1-5(3-15-2)4-16-6(7(9,10)11)8(12,13)14/h5-6,15H,3-4H2,1-2H3. The second-order valence-corrected chi connectivity index (χ2v) is 3.46. The summed E-state index contributed by atoms with van der Waals surface area (Å²) in [5, 5.41) is 2.63. The fraction of sp³-hybridized carbons (Fsp3) is 1.00. The quantitative estimate of drug-likeness (QED) is 0.759. The minimum Gasteiger partial charge on any atom is -0.361 e. The Morgan fingerprint density at radius 1 is 1.06 bits per heavy atom. The maximum Gasteiger partial charge on any atom is 0.423 e. The summed E-state index contributed by atoms with van der Waals surface area (Å²) in [6, 6.07) is 0. The van der Waals surface area contributed by atoms with E-state index in [-0.39, 0.29) is 6.54 Å². The highest BCUT2D eigenvalue weighted by atomic mass is 19.4. The van der Waals surface area contributed by atoms with E-state index in [9.17, 15) is 26.3 Å². The zero-order valence-electron chi connectivity index (χ0n) is 8.74. The van der Waals surface area contributed by atoms with Crippen LogP contribution in [0.15, 0.2) is 0 Å². The van der Waals surface area contributed by atoms with Gasteiger partial charge in [0.15, 0.2) is 0 Å². The van der Waals surface area contributed by atoms with Crippen LogP contribution in [-0.4, -0.2) is 38.7 Å². The van der Waals surface area contributed by atoms with Gasteiger partial charge < -0.3 is 10.1 Å².